The maximum Gasteiger partial charge on any atom is 0.573 e. The lowest BCUT2D eigenvalue weighted by Gasteiger charge is -2.40. The SMILES string of the molecule is O=CC1CCCC(c2c(F)cccc2F)N1Cc1ccc(OC(F)(F)F)cc1. The number of alkyl halides is 3. The normalized spacial score (nSPS) is 20.8. The number of aldehydes is 1. The first-order valence-electron chi connectivity index (χ1n) is 8.78. The number of rotatable bonds is 5. The predicted molar refractivity (Wildman–Crippen MR) is 91.5 cm³/mol. The van der Waals surface area contributed by atoms with E-state index >= 15 is 0 Å². The average molecular weight is 399 g/mol. The Bertz CT molecular complexity index is 802. The largest absolute Gasteiger partial charge is 0.573 e. The maximum atomic E-state index is 14.3. The number of hydrogen-bond acceptors (Lipinski definition) is 3. The van der Waals surface area contributed by atoms with E-state index in [2.05, 4.69) is 4.74 Å². The lowest BCUT2D eigenvalue weighted by molar-refractivity contribution is -0.274. The van der Waals surface area contributed by atoms with Crippen molar-refractivity contribution in [2.24, 2.45) is 0 Å². The van der Waals surface area contributed by atoms with Crippen LogP contribution in [0.2, 0.25) is 0 Å². The zero-order valence-corrected chi connectivity index (χ0v) is 14.8. The Morgan fingerprint density at radius 1 is 1.04 bits per heavy atom. The number of ether oxygens (including phenoxy) is 1. The topological polar surface area (TPSA) is 29.5 Å². The Morgan fingerprint density at radius 3 is 2.25 bits per heavy atom. The van der Waals surface area contributed by atoms with Crippen LogP contribution in [-0.4, -0.2) is 23.6 Å². The highest BCUT2D eigenvalue weighted by Crippen LogP contribution is 2.37. The van der Waals surface area contributed by atoms with Gasteiger partial charge >= 0.3 is 6.36 Å². The summed E-state index contributed by atoms with van der Waals surface area (Å²) in [5.74, 6) is -1.73. The lowest BCUT2D eigenvalue weighted by Crippen LogP contribution is -2.42. The van der Waals surface area contributed by atoms with Crippen LogP contribution < -0.4 is 4.74 Å². The number of nitrogens with zero attached hydrogens (tertiary/aromatic N) is 1. The molecule has 1 aliphatic rings. The summed E-state index contributed by atoms with van der Waals surface area (Å²) in [7, 11) is 0. The summed E-state index contributed by atoms with van der Waals surface area (Å²) >= 11 is 0. The first kappa shape index (κ1) is 20.3. The highest BCUT2D eigenvalue weighted by Gasteiger charge is 2.35. The van der Waals surface area contributed by atoms with Crippen molar-refractivity contribution >= 4 is 6.29 Å². The average Bonchev–Trinajstić information content (AvgIpc) is 2.63. The molecule has 1 saturated heterocycles. The molecule has 3 rings (SSSR count). The summed E-state index contributed by atoms with van der Waals surface area (Å²) in [6.07, 6.45) is -2.39. The van der Waals surface area contributed by atoms with Gasteiger partial charge in [-0.05, 0) is 49.1 Å². The molecule has 1 fully saturated rings. The Hall–Kier alpha value is -2.48. The highest BCUT2D eigenvalue weighted by atomic mass is 19.4. The van der Waals surface area contributed by atoms with Crippen LogP contribution >= 0.6 is 0 Å². The summed E-state index contributed by atoms with van der Waals surface area (Å²) in [5.41, 5.74) is 0.510. The number of likely N-dealkylation sites (tertiary alicyclic amines) is 1. The van der Waals surface area contributed by atoms with Gasteiger partial charge in [-0.1, -0.05) is 18.2 Å². The van der Waals surface area contributed by atoms with Crippen molar-refractivity contribution in [2.45, 2.75) is 44.3 Å². The molecule has 2 atom stereocenters. The molecule has 1 heterocycles. The van der Waals surface area contributed by atoms with E-state index in [0.29, 0.717) is 24.8 Å². The van der Waals surface area contributed by atoms with E-state index in [4.69, 9.17) is 0 Å². The third-order valence-electron chi connectivity index (χ3n) is 4.82. The summed E-state index contributed by atoms with van der Waals surface area (Å²) in [4.78, 5) is 13.2. The number of carbonyl (C=O) groups excluding carboxylic acids is 1. The van der Waals surface area contributed by atoms with Crippen LogP contribution in [-0.2, 0) is 11.3 Å². The van der Waals surface area contributed by atoms with E-state index in [9.17, 15) is 26.7 Å². The van der Waals surface area contributed by atoms with Gasteiger partial charge in [0.25, 0.3) is 0 Å². The second-order valence-corrected chi connectivity index (χ2v) is 6.65. The van der Waals surface area contributed by atoms with Gasteiger partial charge in [-0.3, -0.25) is 4.90 Å². The monoisotopic (exact) mass is 399 g/mol. The highest BCUT2D eigenvalue weighted by molar-refractivity contribution is 5.58. The third kappa shape index (κ3) is 4.67. The van der Waals surface area contributed by atoms with Gasteiger partial charge in [0.2, 0.25) is 0 Å². The number of carbonyl (C=O) groups is 1. The van der Waals surface area contributed by atoms with Crippen molar-refractivity contribution < 1.29 is 31.5 Å². The summed E-state index contributed by atoms with van der Waals surface area (Å²) in [5, 5.41) is 0. The first-order chi connectivity index (χ1) is 13.3. The molecule has 8 heteroatoms. The fraction of sp³-hybridized carbons (Fsp3) is 0.350. The van der Waals surface area contributed by atoms with Crippen molar-refractivity contribution in [1.82, 2.24) is 4.90 Å². The van der Waals surface area contributed by atoms with Gasteiger partial charge in [-0.2, -0.15) is 0 Å². The van der Waals surface area contributed by atoms with Gasteiger partial charge in [-0.25, -0.2) is 8.78 Å². The lowest BCUT2D eigenvalue weighted by atomic mass is 9.90. The minimum atomic E-state index is -4.79. The van der Waals surface area contributed by atoms with Crippen LogP contribution in [0.4, 0.5) is 22.0 Å². The van der Waals surface area contributed by atoms with E-state index in [1.165, 1.54) is 42.5 Å². The summed E-state index contributed by atoms with van der Waals surface area (Å²) < 4.78 is 69.3. The molecule has 0 N–H and O–H groups in total. The van der Waals surface area contributed by atoms with Gasteiger partial charge in [0, 0.05) is 18.2 Å². The summed E-state index contributed by atoms with van der Waals surface area (Å²) in [6.45, 7) is 0.161. The fourth-order valence-electron chi connectivity index (χ4n) is 3.60. The van der Waals surface area contributed by atoms with Crippen LogP contribution in [0.5, 0.6) is 5.75 Å². The second-order valence-electron chi connectivity index (χ2n) is 6.65. The van der Waals surface area contributed by atoms with Crippen molar-refractivity contribution in [2.75, 3.05) is 0 Å². The maximum absolute atomic E-state index is 14.3. The molecule has 150 valence electrons. The van der Waals surface area contributed by atoms with Crippen molar-refractivity contribution in [1.29, 1.82) is 0 Å². The van der Waals surface area contributed by atoms with Crippen LogP contribution in [0.3, 0.4) is 0 Å². The molecule has 2 aromatic rings. The quantitative estimate of drug-likeness (QED) is 0.514. The molecule has 3 nitrogen and oxygen atoms in total. The predicted octanol–water partition coefficient (Wildman–Crippen LogP) is 5.16. The first-order valence-corrected chi connectivity index (χ1v) is 8.78. The number of piperidine rings is 1. The molecule has 2 unspecified atom stereocenters. The molecule has 0 spiro atoms. The molecule has 0 radical (unpaired) electrons. The van der Waals surface area contributed by atoms with Gasteiger partial charge < -0.3 is 9.53 Å². The molecular weight excluding hydrogens is 381 g/mol. The Kier molecular flexibility index (Phi) is 5.98. The van der Waals surface area contributed by atoms with Gasteiger partial charge in [0.05, 0.1) is 6.04 Å². The minimum absolute atomic E-state index is 0.0916. The minimum Gasteiger partial charge on any atom is -0.406 e. The Balaban J connectivity index is 1.86. The van der Waals surface area contributed by atoms with E-state index < -0.39 is 30.1 Å². The number of benzene rings is 2. The number of hydrogen-bond donors (Lipinski definition) is 0. The van der Waals surface area contributed by atoms with Crippen LogP contribution in [0.15, 0.2) is 42.5 Å². The molecule has 0 aromatic heterocycles. The Morgan fingerprint density at radius 2 is 1.68 bits per heavy atom. The zero-order chi connectivity index (χ0) is 20.3. The fourth-order valence-corrected chi connectivity index (χ4v) is 3.60. The van der Waals surface area contributed by atoms with Crippen LogP contribution in [0, 0.1) is 11.6 Å². The van der Waals surface area contributed by atoms with Crippen molar-refractivity contribution in [3.63, 3.8) is 0 Å². The standard InChI is InChI=1S/C20H18F5NO2/c21-16-4-2-5-17(22)19(16)18-6-1-3-14(12-27)26(18)11-13-7-9-15(10-8-13)28-20(23,24)25/h2,4-5,7-10,12,14,18H,1,3,6,11H2. The molecule has 28 heavy (non-hydrogen) atoms. The molecule has 2 aromatic carbocycles. The van der Waals surface area contributed by atoms with E-state index in [-0.39, 0.29) is 17.9 Å². The molecule has 0 bridgehead atoms. The zero-order valence-electron chi connectivity index (χ0n) is 14.8. The van der Waals surface area contributed by atoms with E-state index in [0.717, 1.165) is 6.29 Å². The van der Waals surface area contributed by atoms with E-state index in [1.54, 1.807) is 4.90 Å². The molecule has 0 amide bonds. The second kappa shape index (κ2) is 8.26. The molecule has 1 aliphatic heterocycles. The Labute approximate surface area is 158 Å². The molecular formula is C20H18F5NO2. The van der Waals surface area contributed by atoms with Gasteiger partial charge in [0.15, 0.2) is 0 Å². The van der Waals surface area contributed by atoms with Crippen molar-refractivity contribution in [3.8, 4) is 5.75 Å². The van der Waals surface area contributed by atoms with Crippen LogP contribution in [0.1, 0.15) is 36.4 Å². The van der Waals surface area contributed by atoms with Crippen molar-refractivity contribution in [3.05, 3.63) is 65.2 Å². The van der Waals surface area contributed by atoms with Crippen LogP contribution in [0.25, 0.3) is 0 Å². The van der Waals surface area contributed by atoms with E-state index in [1.807, 2.05) is 0 Å². The summed E-state index contributed by atoms with van der Waals surface area (Å²) in [6, 6.07) is 7.65. The number of halogens is 5. The van der Waals surface area contributed by atoms with Gasteiger partial charge in [-0.15, -0.1) is 13.2 Å². The third-order valence-corrected chi connectivity index (χ3v) is 4.82. The van der Waals surface area contributed by atoms with Gasteiger partial charge in [0.1, 0.15) is 23.7 Å². The smallest absolute Gasteiger partial charge is 0.406 e. The molecule has 0 saturated carbocycles. The molecule has 0 aliphatic carbocycles.